The molecule has 1 fully saturated rings. The van der Waals surface area contributed by atoms with Crippen molar-refractivity contribution < 1.29 is 22.4 Å². The first-order valence-corrected chi connectivity index (χ1v) is 8.70. The number of hydrogen-bond acceptors (Lipinski definition) is 3. The van der Waals surface area contributed by atoms with E-state index in [9.17, 15) is 18.0 Å². The van der Waals surface area contributed by atoms with Crippen molar-refractivity contribution in [1.82, 2.24) is 10.3 Å². The molecule has 4 nitrogen and oxygen atoms in total. The Hall–Kier alpha value is -2.31. The van der Waals surface area contributed by atoms with Crippen molar-refractivity contribution >= 4 is 5.91 Å². The standard InChI is InChI=1S/C19H21F3N2O2/c1-12-16(24-18(26-12)13-6-3-2-4-7-13)11-17(25)23-15-9-5-8-14(10-15)19(20,21)22/h2-4,6-7,14-15H,5,8-11H2,1H3,(H,23,25)/t14-,15-/m1/s1. The van der Waals surface area contributed by atoms with Crippen LogP contribution in [0.15, 0.2) is 34.7 Å². The van der Waals surface area contributed by atoms with Gasteiger partial charge in [-0.2, -0.15) is 13.2 Å². The summed E-state index contributed by atoms with van der Waals surface area (Å²) >= 11 is 0. The van der Waals surface area contributed by atoms with Crippen LogP contribution in [-0.2, 0) is 11.2 Å². The van der Waals surface area contributed by atoms with Crippen molar-refractivity contribution in [3.63, 3.8) is 0 Å². The molecule has 1 aliphatic carbocycles. The SMILES string of the molecule is Cc1oc(-c2ccccc2)nc1CC(=O)N[C@@H]1CCC[C@@H](C(F)(F)F)C1. The van der Waals surface area contributed by atoms with Crippen LogP contribution in [0.3, 0.4) is 0 Å². The van der Waals surface area contributed by atoms with Crippen LogP contribution in [0, 0.1) is 12.8 Å². The number of rotatable bonds is 4. The predicted octanol–water partition coefficient (Wildman–Crippen LogP) is 4.43. The fraction of sp³-hybridized carbons (Fsp3) is 0.474. The molecule has 1 aliphatic rings. The molecule has 1 saturated carbocycles. The average Bonchev–Trinajstić information content (AvgIpc) is 2.96. The molecule has 26 heavy (non-hydrogen) atoms. The Bertz CT molecular complexity index is 756. The molecular formula is C19H21F3N2O2. The molecule has 1 amide bonds. The van der Waals surface area contributed by atoms with Gasteiger partial charge in [-0.25, -0.2) is 4.98 Å². The number of halogens is 3. The first kappa shape index (κ1) is 18.5. The van der Waals surface area contributed by atoms with Gasteiger partial charge in [-0.1, -0.05) is 24.6 Å². The van der Waals surface area contributed by atoms with Gasteiger partial charge in [0, 0.05) is 11.6 Å². The van der Waals surface area contributed by atoms with Crippen molar-refractivity contribution in [2.45, 2.75) is 51.2 Å². The van der Waals surface area contributed by atoms with Crippen LogP contribution in [0.25, 0.3) is 11.5 Å². The lowest BCUT2D eigenvalue weighted by Gasteiger charge is -2.31. The maximum atomic E-state index is 12.9. The minimum absolute atomic E-state index is 0.00461. The molecule has 0 saturated heterocycles. The van der Waals surface area contributed by atoms with E-state index >= 15 is 0 Å². The number of aryl methyl sites for hydroxylation is 1. The van der Waals surface area contributed by atoms with Crippen LogP contribution in [0.1, 0.15) is 37.1 Å². The van der Waals surface area contributed by atoms with Crippen LogP contribution in [-0.4, -0.2) is 23.1 Å². The molecule has 140 valence electrons. The molecule has 1 N–H and O–H groups in total. The summed E-state index contributed by atoms with van der Waals surface area (Å²) in [7, 11) is 0. The fourth-order valence-corrected chi connectivity index (χ4v) is 3.35. The molecule has 0 radical (unpaired) electrons. The van der Waals surface area contributed by atoms with E-state index in [4.69, 9.17) is 4.42 Å². The monoisotopic (exact) mass is 366 g/mol. The number of oxazole rings is 1. The molecule has 2 aromatic rings. The van der Waals surface area contributed by atoms with Crippen LogP contribution in [0.5, 0.6) is 0 Å². The maximum Gasteiger partial charge on any atom is 0.391 e. The molecule has 1 aromatic carbocycles. The van der Waals surface area contributed by atoms with E-state index in [1.54, 1.807) is 6.92 Å². The largest absolute Gasteiger partial charge is 0.441 e. The number of carbonyl (C=O) groups is 1. The Morgan fingerprint density at radius 3 is 2.69 bits per heavy atom. The normalized spacial score (nSPS) is 20.8. The highest BCUT2D eigenvalue weighted by Gasteiger charge is 2.42. The lowest BCUT2D eigenvalue weighted by molar-refractivity contribution is -0.184. The Kier molecular flexibility index (Phi) is 5.34. The summed E-state index contributed by atoms with van der Waals surface area (Å²) in [6.07, 6.45) is -3.07. The van der Waals surface area contributed by atoms with Gasteiger partial charge in [0.2, 0.25) is 11.8 Å². The summed E-state index contributed by atoms with van der Waals surface area (Å²) in [6, 6.07) is 8.88. The first-order chi connectivity index (χ1) is 12.3. The van der Waals surface area contributed by atoms with Crippen LogP contribution in [0.4, 0.5) is 13.2 Å². The minimum atomic E-state index is -4.20. The van der Waals surface area contributed by atoms with Gasteiger partial charge in [0.1, 0.15) is 5.76 Å². The summed E-state index contributed by atoms with van der Waals surface area (Å²) in [5.74, 6) is -0.689. The van der Waals surface area contributed by atoms with Crippen molar-refractivity contribution in [1.29, 1.82) is 0 Å². The highest BCUT2D eigenvalue weighted by molar-refractivity contribution is 5.78. The van der Waals surface area contributed by atoms with E-state index in [1.807, 2.05) is 30.3 Å². The van der Waals surface area contributed by atoms with Crippen molar-refractivity contribution in [3.8, 4) is 11.5 Å². The molecular weight excluding hydrogens is 345 g/mol. The topological polar surface area (TPSA) is 55.1 Å². The Morgan fingerprint density at radius 2 is 2.00 bits per heavy atom. The average molecular weight is 366 g/mol. The number of aromatic nitrogens is 1. The molecule has 2 atom stereocenters. The van der Waals surface area contributed by atoms with Gasteiger partial charge in [0.25, 0.3) is 0 Å². The number of nitrogens with one attached hydrogen (secondary N) is 1. The van der Waals surface area contributed by atoms with E-state index in [0.717, 1.165) is 5.56 Å². The smallest absolute Gasteiger partial charge is 0.391 e. The fourth-order valence-electron chi connectivity index (χ4n) is 3.35. The van der Waals surface area contributed by atoms with Crippen LogP contribution < -0.4 is 5.32 Å². The van der Waals surface area contributed by atoms with Gasteiger partial charge in [-0.3, -0.25) is 4.79 Å². The lowest BCUT2D eigenvalue weighted by atomic mass is 9.85. The first-order valence-electron chi connectivity index (χ1n) is 8.70. The second kappa shape index (κ2) is 7.51. The number of hydrogen-bond donors (Lipinski definition) is 1. The molecule has 0 bridgehead atoms. The summed E-state index contributed by atoms with van der Waals surface area (Å²) < 4.78 is 44.3. The second-order valence-electron chi connectivity index (χ2n) is 6.73. The maximum absolute atomic E-state index is 12.9. The van der Waals surface area contributed by atoms with E-state index in [2.05, 4.69) is 10.3 Å². The number of amides is 1. The highest BCUT2D eigenvalue weighted by atomic mass is 19.4. The van der Waals surface area contributed by atoms with Crippen molar-refractivity contribution in [2.24, 2.45) is 5.92 Å². The Balaban J connectivity index is 1.61. The number of nitrogens with zero attached hydrogens (tertiary/aromatic N) is 1. The number of alkyl halides is 3. The summed E-state index contributed by atoms with van der Waals surface area (Å²) in [5, 5.41) is 2.73. The Morgan fingerprint density at radius 1 is 1.27 bits per heavy atom. The molecule has 3 rings (SSSR count). The van der Waals surface area contributed by atoms with E-state index in [-0.39, 0.29) is 25.2 Å². The van der Waals surface area contributed by atoms with E-state index < -0.39 is 18.1 Å². The summed E-state index contributed by atoms with van der Waals surface area (Å²) in [4.78, 5) is 16.6. The van der Waals surface area contributed by atoms with Gasteiger partial charge in [-0.15, -0.1) is 0 Å². The highest BCUT2D eigenvalue weighted by Crippen LogP contribution is 2.37. The molecule has 7 heteroatoms. The zero-order valence-electron chi connectivity index (χ0n) is 14.5. The van der Waals surface area contributed by atoms with Crippen molar-refractivity contribution in [3.05, 3.63) is 41.8 Å². The quantitative estimate of drug-likeness (QED) is 0.871. The van der Waals surface area contributed by atoms with E-state index in [0.29, 0.717) is 30.2 Å². The zero-order valence-corrected chi connectivity index (χ0v) is 14.5. The molecule has 0 aliphatic heterocycles. The zero-order chi connectivity index (χ0) is 18.7. The van der Waals surface area contributed by atoms with Crippen LogP contribution >= 0.6 is 0 Å². The molecule has 0 spiro atoms. The van der Waals surface area contributed by atoms with Crippen molar-refractivity contribution in [2.75, 3.05) is 0 Å². The summed E-state index contributed by atoms with van der Waals surface area (Å²) in [6.45, 7) is 1.72. The summed E-state index contributed by atoms with van der Waals surface area (Å²) in [5.41, 5.74) is 1.31. The van der Waals surface area contributed by atoms with Gasteiger partial charge in [-0.05, 0) is 38.3 Å². The molecule has 1 aromatic heterocycles. The van der Waals surface area contributed by atoms with E-state index in [1.165, 1.54) is 0 Å². The van der Waals surface area contributed by atoms with Gasteiger partial charge in [0.05, 0.1) is 18.0 Å². The van der Waals surface area contributed by atoms with Crippen LogP contribution in [0.2, 0.25) is 0 Å². The third-order valence-corrected chi connectivity index (χ3v) is 4.74. The third kappa shape index (κ3) is 4.45. The second-order valence-corrected chi connectivity index (χ2v) is 6.73. The van der Waals surface area contributed by atoms with Gasteiger partial charge in [0.15, 0.2) is 0 Å². The number of carbonyl (C=O) groups excluding carboxylic acids is 1. The predicted molar refractivity (Wildman–Crippen MR) is 90.3 cm³/mol. The number of benzene rings is 1. The Labute approximate surface area is 149 Å². The minimum Gasteiger partial charge on any atom is -0.441 e. The van der Waals surface area contributed by atoms with Gasteiger partial charge < -0.3 is 9.73 Å². The third-order valence-electron chi connectivity index (χ3n) is 4.74. The molecule has 1 heterocycles. The molecule has 0 unspecified atom stereocenters. The van der Waals surface area contributed by atoms with Gasteiger partial charge >= 0.3 is 6.18 Å². The lowest BCUT2D eigenvalue weighted by Crippen LogP contribution is -2.42.